The molecule has 0 spiro atoms. The molecule has 0 saturated carbocycles. The molecule has 36 heavy (non-hydrogen) atoms. The number of piperidine rings is 1. The largest absolute Gasteiger partial charge is 0.416 e. The van der Waals surface area contributed by atoms with Crippen molar-refractivity contribution >= 4 is 17.7 Å². The minimum atomic E-state index is -4.49. The number of alkyl halides is 3. The Hall–Kier alpha value is -2.88. The van der Waals surface area contributed by atoms with Crippen molar-refractivity contribution in [3.8, 4) is 0 Å². The first-order valence-electron chi connectivity index (χ1n) is 12.7. The Kier molecular flexibility index (Phi) is 6.80. The van der Waals surface area contributed by atoms with Gasteiger partial charge in [-0.1, -0.05) is 13.0 Å². The summed E-state index contributed by atoms with van der Waals surface area (Å²) in [6.45, 7) is 8.41. The fraction of sp³-hybridized carbons (Fsp3) is 0.577. The van der Waals surface area contributed by atoms with E-state index in [0.717, 1.165) is 87.3 Å². The molecule has 0 radical (unpaired) electrons. The number of piperazine rings is 1. The summed E-state index contributed by atoms with van der Waals surface area (Å²) in [4.78, 5) is 31.7. The minimum absolute atomic E-state index is 0.0524. The van der Waals surface area contributed by atoms with Crippen molar-refractivity contribution in [1.29, 1.82) is 0 Å². The van der Waals surface area contributed by atoms with Crippen LogP contribution in [-0.4, -0.2) is 78.5 Å². The Bertz CT molecular complexity index is 1110. The number of likely N-dealkylation sites (N-methyl/N-ethyl adjacent to an activating group) is 1. The summed E-state index contributed by atoms with van der Waals surface area (Å²) in [6.07, 6.45) is -1.78. The van der Waals surface area contributed by atoms with Crippen LogP contribution in [-0.2, 0) is 19.1 Å². The van der Waals surface area contributed by atoms with Crippen molar-refractivity contribution in [2.75, 3.05) is 62.7 Å². The summed E-state index contributed by atoms with van der Waals surface area (Å²) in [5, 5.41) is 0. The zero-order valence-corrected chi connectivity index (χ0v) is 20.9. The standard InChI is InChI=1S/C26H33F3N6O/c1-18-6-9-33(10-7-18)23-21-17-35(24(36)19-4-3-5-20(16-19)26(27,28)29)11-8-22(21)30-25(31-23)34-14-12-32(2)13-15-34/h3-5,16,18H,6-15,17H2,1-2H3. The molecule has 2 saturated heterocycles. The number of hydrogen-bond acceptors (Lipinski definition) is 6. The van der Waals surface area contributed by atoms with Crippen LogP contribution < -0.4 is 9.80 Å². The minimum Gasteiger partial charge on any atom is -0.356 e. The van der Waals surface area contributed by atoms with Gasteiger partial charge in [-0.05, 0) is 44.0 Å². The van der Waals surface area contributed by atoms with E-state index in [-0.39, 0.29) is 5.56 Å². The fourth-order valence-corrected chi connectivity index (χ4v) is 5.20. The van der Waals surface area contributed by atoms with E-state index >= 15 is 0 Å². The molecule has 0 N–H and O–H groups in total. The average Bonchev–Trinajstić information content (AvgIpc) is 2.88. The molecule has 1 aromatic carbocycles. The first kappa shape index (κ1) is 24.8. The number of hydrogen-bond donors (Lipinski definition) is 0. The number of benzene rings is 1. The second-order valence-corrected chi connectivity index (χ2v) is 10.3. The SMILES string of the molecule is CC1CCN(c2nc(N3CCN(C)CC3)nc3c2CN(C(=O)c2cccc(C(F)(F)F)c2)CC3)CC1. The molecule has 5 rings (SSSR count). The molecule has 4 heterocycles. The van der Waals surface area contributed by atoms with Gasteiger partial charge in [-0.2, -0.15) is 18.2 Å². The fourth-order valence-electron chi connectivity index (χ4n) is 5.20. The van der Waals surface area contributed by atoms with Gasteiger partial charge in [0.25, 0.3) is 5.91 Å². The van der Waals surface area contributed by atoms with Crippen molar-refractivity contribution in [3.63, 3.8) is 0 Å². The predicted molar refractivity (Wildman–Crippen MR) is 132 cm³/mol. The maximum atomic E-state index is 13.3. The zero-order valence-electron chi connectivity index (χ0n) is 20.9. The highest BCUT2D eigenvalue weighted by Gasteiger charge is 2.33. The number of nitrogens with zero attached hydrogens (tertiary/aromatic N) is 6. The first-order valence-corrected chi connectivity index (χ1v) is 12.7. The molecule has 0 unspecified atom stereocenters. The van der Waals surface area contributed by atoms with Gasteiger partial charge in [0.05, 0.1) is 17.8 Å². The molecule has 0 bridgehead atoms. The quantitative estimate of drug-likeness (QED) is 0.639. The lowest BCUT2D eigenvalue weighted by Gasteiger charge is -2.38. The monoisotopic (exact) mass is 502 g/mol. The van der Waals surface area contributed by atoms with Crippen LogP contribution in [0.5, 0.6) is 0 Å². The average molecular weight is 503 g/mol. The molecule has 2 aromatic rings. The van der Waals surface area contributed by atoms with Crippen LogP contribution in [0.1, 0.15) is 46.9 Å². The molecule has 7 nitrogen and oxygen atoms in total. The molecule has 0 atom stereocenters. The Balaban J connectivity index is 1.44. The van der Waals surface area contributed by atoms with E-state index in [1.807, 2.05) is 0 Å². The van der Waals surface area contributed by atoms with E-state index in [1.54, 1.807) is 4.90 Å². The third-order valence-electron chi connectivity index (χ3n) is 7.62. The third kappa shape index (κ3) is 5.14. The maximum absolute atomic E-state index is 13.3. The van der Waals surface area contributed by atoms with Crippen LogP contribution in [0.25, 0.3) is 0 Å². The number of rotatable bonds is 3. The predicted octanol–water partition coefficient (Wildman–Crippen LogP) is 3.68. The van der Waals surface area contributed by atoms with Crippen LogP contribution in [0.4, 0.5) is 24.9 Å². The molecular formula is C26H33F3N6O. The second-order valence-electron chi connectivity index (χ2n) is 10.3. The lowest BCUT2D eigenvalue weighted by atomic mass is 9.98. The number of aromatic nitrogens is 2. The second kappa shape index (κ2) is 9.88. The number of carbonyl (C=O) groups excluding carboxylic acids is 1. The first-order chi connectivity index (χ1) is 17.2. The topological polar surface area (TPSA) is 55.8 Å². The molecule has 0 aliphatic carbocycles. The van der Waals surface area contributed by atoms with Gasteiger partial charge < -0.3 is 19.6 Å². The summed E-state index contributed by atoms with van der Waals surface area (Å²) >= 11 is 0. The highest BCUT2D eigenvalue weighted by Crippen LogP contribution is 2.33. The van der Waals surface area contributed by atoms with Crippen molar-refractivity contribution in [3.05, 3.63) is 46.6 Å². The van der Waals surface area contributed by atoms with Crippen molar-refractivity contribution < 1.29 is 18.0 Å². The van der Waals surface area contributed by atoms with Gasteiger partial charge in [0.2, 0.25) is 5.95 Å². The smallest absolute Gasteiger partial charge is 0.356 e. The van der Waals surface area contributed by atoms with E-state index in [2.05, 4.69) is 28.7 Å². The van der Waals surface area contributed by atoms with Crippen LogP contribution in [0.3, 0.4) is 0 Å². The highest BCUT2D eigenvalue weighted by atomic mass is 19.4. The molecule has 2 fully saturated rings. The van der Waals surface area contributed by atoms with Crippen LogP contribution in [0.2, 0.25) is 0 Å². The highest BCUT2D eigenvalue weighted by molar-refractivity contribution is 5.94. The Morgan fingerprint density at radius 3 is 2.39 bits per heavy atom. The summed E-state index contributed by atoms with van der Waals surface area (Å²) in [5.41, 5.74) is 1.11. The van der Waals surface area contributed by atoms with Crippen LogP contribution in [0.15, 0.2) is 24.3 Å². The maximum Gasteiger partial charge on any atom is 0.416 e. The molecule has 3 aliphatic heterocycles. The van der Waals surface area contributed by atoms with Gasteiger partial charge in [-0.15, -0.1) is 0 Å². The molecule has 3 aliphatic rings. The molecule has 1 amide bonds. The van der Waals surface area contributed by atoms with Gasteiger partial charge in [0.1, 0.15) is 5.82 Å². The van der Waals surface area contributed by atoms with Gasteiger partial charge in [0.15, 0.2) is 0 Å². The van der Waals surface area contributed by atoms with E-state index in [1.165, 1.54) is 12.1 Å². The normalized spacial score (nSPS) is 20.0. The Morgan fingerprint density at radius 2 is 1.69 bits per heavy atom. The third-order valence-corrected chi connectivity index (χ3v) is 7.62. The molecule has 1 aromatic heterocycles. The number of halogens is 3. The summed E-state index contributed by atoms with van der Waals surface area (Å²) in [6, 6.07) is 4.68. The summed E-state index contributed by atoms with van der Waals surface area (Å²) in [7, 11) is 2.11. The molecule has 10 heteroatoms. The summed E-state index contributed by atoms with van der Waals surface area (Å²) < 4.78 is 39.6. The Labute approximate surface area is 209 Å². The van der Waals surface area contributed by atoms with E-state index in [4.69, 9.17) is 9.97 Å². The number of fused-ring (bicyclic) bond motifs is 1. The van der Waals surface area contributed by atoms with E-state index in [0.29, 0.717) is 25.4 Å². The van der Waals surface area contributed by atoms with Gasteiger partial charge in [-0.25, -0.2) is 4.98 Å². The molecule has 194 valence electrons. The van der Waals surface area contributed by atoms with Gasteiger partial charge >= 0.3 is 6.18 Å². The van der Waals surface area contributed by atoms with Crippen LogP contribution in [0, 0.1) is 5.92 Å². The number of amides is 1. The van der Waals surface area contributed by atoms with E-state index in [9.17, 15) is 18.0 Å². The summed E-state index contributed by atoms with van der Waals surface area (Å²) in [5.74, 6) is 1.89. The zero-order chi connectivity index (χ0) is 25.4. The van der Waals surface area contributed by atoms with Crippen molar-refractivity contribution in [2.45, 2.75) is 38.9 Å². The molecular weight excluding hydrogens is 469 g/mol. The lowest BCUT2D eigenvalue weighted by molar-refractivity contribution is -0.137. The number of anilines is 2. The number of carbonyl (C=O) groups is 1. The van der Waals surface area contributed by atoms with Gasteiger partial charge in [-0.3, -0.25) is 4.79 Å². The van der Waals surface area contributed by atoms with E-state index < -0.39 is 17.6 Å². The van der Waals surface area contributed by atoms with Crippen molar-refractivity contribution in [2.24, 2.45) is 5.92 Å². The van der Waals surface area contributed by atoms with Crippen molar-refractivity contribution in [1.82, 2.24) is 19.8 Å². The van der Waals surface area contributed by atoms with Gasteiger partial charge in [0, 0.05) is 63.4 Å². The lowest BCUT2D eigenvalue weighted by Crippen LogP contribution is -2.46. The Morgan fingerprint density at radius 1 is 0.972 bits per heavy atom. The van der Waals surface area contributed by atoms with Crippen LogP contribution >= 0.6 is 0 Å².